The number of rotatable bonds is 1. The third kappa shape index (κ3) is 2.10. The SMILES string of the molecule is Cc1cccc(C(=O)N2CCCC3CNCC32)c1O. The molecule has 0 saturated carbocycles. The van der Waals surface area contributed by atoms with Crippen molar-refractivity contribution in [3.63, 3.8) is 0 Å². The van der Waals surface area contributed by atoms with E-state index in [4.69, 9.17) is 0 Å². The summed E-state index contributed by atoms with van der Waals surface area (Å²) in [5.41, 5.74) is 1.19. The van der Waals surface area contributed by atoms with E-state index >= 15 is 0 Å². The lowest BCUT2D eigenvalue weighted by atomic mass is 9.91. The Kier molecular flexibility index (Phi) is 3.19. The maximum atomic E-state index is 12.7. The summed E-state index contributed by atoms with van der Waals surface area (Å²) in [6, 6.07) is 5.66. The fourth-order valence-electron chi connectivity index (χ4n) is 3.31. The standard InChI is InChI=1S/C15H20N2O2/c1-10-4-2-6-12(14(10)18)15(19)17-7-3-5-11-8-16-9-13(11)17/h2,4,6,11,13,16,18H,3,5,7-9H2,1H3. The Hall–Kier alpha value is -1.55. The van der Waals surface area contributed by atoms with Gasteiger partial charge in [0, 0.05) is 25.7 Å². The molecule has 2 N–H and O–H groups in total. The molecule has 2 heterocycles. The number of amides is 1. The molecule has 4 nitrogen and oxygen atoms in total. The molecular formula is C15H20N2O2. The minimum absolute atomic E-state index is 0.0281. The van der Waals surface area contributed by atoms with E-state index in [1.54, 1.807) is 6.07 Å². The van der Waals surface area contributed by atoms with Gasteiger partial charge in [-0.15, -0.1) is 0 Å². The molecule has 19 heavy (non-hydrogen) atoms. The number of benzene rings is 1. The summed E-state index contributed by atoms with van der Waals surface area (Å²) in [5, 5.41) is 13.4. The van der Waals surface area contributed by atoms with E-state index in [9.17, 15) is 9.90 Å². The third-order valence-electron chi connectivity index (χ3n) is 4.41. The average molecular weight is 260 g/mol. The molecule has 102 valence electrons. The number of fused-ring (bicyclic) bond motifs is 1. The summed E-state index contributed by atoms with van der Waals surface area (Å²) >= 11 is 0. The number of hydrogen-bond acceptors (Lipinski definition) is 3. The highest BCUT2D eigenvalue weighted by Crippen LogP contribution is 2.30. The minimum Gasteiger partial charge on any atom is -0.507 e. The number of nitrogens with one attached hydrogen (secondary N) is 1. The van der Waals surface area contributed by atoms with Crippen molar-refractivity contribution in [2.75, 3.05) is 19.6 Å². The van der Waals surface area contributed by atoms with Gasteiger partial charge in [-0.2, -0.15) is 0 Å². The van der Waals surface area contributed by atoms with E-state index in [2.05, 4.69) is 5.32 Å². The highest BCUT2D eigenvalue weighted by molar-refractivity contribution is 5.97. The van der Waals surface area contributed by atoms with E-state index in [0.717, 1.165) is 31.6 Å². The number of aryl methyl sites for hydroxylation is 1. The second-order valence-corrected chi connectivity index (χ2v) is 5.60. The van der Waals surface area contributed by atoms with Gasteiger partial charge < -0.3 is 15.3 Å². The van der Waals surface area contributed by atoms with Crippen molar-refractivity contribution < 1.29 is 9.90 Å². The molecule has 2 fully saturated rings. The van der Waals surface area contributed by atoms with Crippen LogP contribution in [0.4, 0.5) is 0 Å². The zero-order valence-corrected chi connectivity index (χ0v) is 11.2. The van der Waals surface area contributed by atoms with Crippen LogP contribution in [0.1, 0.15) is 28.8 Å². The molecule has 2 atom stereocenters. The molecule has 2 aliphatic heterocycles. The largest absolute Gasteiger partial charge is 0.507 e. The molecule has 3 rings (SSSR count). The maximum Gasteiger partial charge on any atom is 0.257 e. The van der Waals surface area contributed by atoms with E-state index < -0.39 is 0 Å². The maximum absolute atomic E-state index is 12.7. The van der Waals surface area contributed by atoms with Crippen LogP contribution in [0.25, 0.3) is 0 Å². The molecule has 2 saturated heterocycles. The Morgan fingerprint density at radius 3 is 3.11 bits per heavy atom. The predicted octanol–water partition coefficient (Wildman–Crippen LogP) is 1.52. The third-order valence-corrected chi connectivity index (χ3v) is 4.41. The molecular weight excluding hydrogens is 240 g/mol. The van der Waals surface area contributed by atoms with Gasteiger partial charge in [0.1, 0.15) is 5.75 Å². The van der Waals surface area contributed by atoms with E-state index in [1.807, 2.05) is 24.0 Å². The van der Waals surface area contributed by atoms with Crippen LogP contribution in [0.15, 0.2) is 18.2 Å². The van der Waals surface area contributed by atoms with Crippen molar-refractivity contribution in [3.8, 4) is 5.75 Å². The lowest BCUT2D eigenvalue weighted by molar-refractivity contribution is 0.0571. The summed E-state index contributed by atoms with van der Waals surface area (Å²) in [7, 11) is 0. The average Bonchev–Trinajstić information content (AvgIpc) is 2.89. The first-order chi connectivity index (χ1) is 9.18. The lowest BCUT2D eigenvalue weighted by Gasteiger charge is -2.37. The van der Waals surface area contributed by atoms with Crippen LogP contribution >= 0.6 is 0 Å². The van der Waals surface area contributed by atoms with Gasteiger partial charge in [0.25, 0.3) is 5.91 Å². The molecule has 0 aromatic heterocycles. The number of para-hydroxylation sites is 1. The van der Waals surface area contributed by atoms with Crippen molar-refractivity contribution >= 4 is 5.91 Å². The number of piperidine rings is 1. The zero-order valence-electron chi connectivity index (χ0n) is 11.2. The Balaban J connectivity index is 1.88. The van der Waals surface area contributed by atoms with Crippen LogP contribution < -0.4 is 5.32 Å². The van der Waals surface area contributed by atoms with Crippen LogP contribution in [-0.2, 0) is 0 Å². The number of aromatic hydroxyl groups is 1. The molecule has 0 aliphatic carbocycles. The first kappa shape index (κ1) is 12.5. The first-order valence-corrected chi connectivity index (χ1v) is 6.98. The van der Waals surface area contributed by atoms with Crippen LogP contribution in [0.5, 0.6) is 5.75 Å². The quantitative estimate of drug-likeness (QED) is 0.805. The van der Waals surface area contributed by atoms with Crippen LogP contribution in [-0.4, -0.2) is 41.6 Å². The van der Waals surface area contributed by atoms with Crippen LogP contribution in [0, 0.1) is 12.8 Å². The van der Waals surface area contributed by atoms with Gasteiger partial charge >= 0.3 is 0 Å². The van der Waals surface area contributed by atoms with Crippen molar-refractivity contribution in [2.45, 2.75) is 25.8 Å². The molecule has 2 unspecified atom stereocenters. The summed E-state index contributed by atoms with van der Waals surface area (Å²) in [6.07, 6.45) is 2.25. The molecule has 0 spiro atoms. The number of phenolic OH excluding ortho intramolecular Hbond substituents is 1. The minimum atomic E-state index is -0.0281. The van der Waals surface area contributed by atoms with Gasteiger partial charge in [-0.05, 0) is 37.3 Å². The number of carbonyl (C=O) groups excluding carboxylic acids is 1. The van der Waals surface area contributed by atoms with Gasteiger partial charge in [-0.3, -0.25) is 4.79 Å². The second kappa shape index (κ2) is 4.85. The van der Waals surface area contributed by atoms with Gasteiger partial charge in [0.05, 0.1) is 5.56 Å². The Bertz CT molecular complexity index is 501. The molecule has 0 radical (unpaired) electrons. The molecule has 2 aliphatic rings. The molecule has 1 aromatic rings. The van der Waals surface area contributed by atoms with Gasteiger partial charge in [0.15, 0.2) is 0 Å². The molecule has 1 amide bonds. The summed E-state index contributed by atoms with van der Waals surface area (Å²) in [4.78, 5) is 14.6. The number of phenols is 1. The zero-order chi connectivity index (χ0) is 13.4. The summed E-state index contributed by atoms with van der Waals surface area (Å²) in [6.45, 7) is 4.51. The van der Waals surface area contributed by atoms with Crippen molar-refractivity contribution in [1.82, 2.24) is 10.2 Å². The van der Waals surface area contributed by atoms with Gasteiger partial charge in [-0.25, -0.2) is 0 Å². The predicted molar refractivity (Wildman–Crippen MR) is 73.3 cm³/mol. The molecule has 0 bridgehead atoms. The van der Waals surface area contributed by atoms with Gasteiger partial charge in [0.2, 0.25) is 0 Å². The first-order valence-electron chi connectivity index (χ1n) is 6.98. The Morgan fingerprint density at radius 1 is 1.42 bits per heavy atom. The fourth-order valence-corrected chi connectivity index (χ4v) is 3.31. The number of likely N-dealkylation sites (tertiary alicyclic amines) is 1. The Labute approximate surface area is 113 Å². The summed E-state index contributed by atoms with van der Waals surface area (Å²) < 4.78 is 0. The van der Waals surface area contributed by atoms with Crippen LogP contribution in [0.2, 0.25) is 0 Å². The normalized spacial score (nSPS) is 26.3. The lowest BCUT2D eigenvalue weighted by Crippen LogP contribution is -2.48. The van der Waals surface area contributed by atoms with Crippen molar-refractivity contribution in [1.29, 1.82) is 0 Å². The smallest absolute Gasteiger partial charge is 0.257 e. The fraction of sp³-hybridized carbons (Fsp3) is 0.533. The number of hydrogen-bond donors (Lipinski definition) is 2. The molecule has 4 heteroatoms. The van der Waals surface area contributed by atoms with E-state index in [-0.39, 0.29) is 11.7 Å². The molecule has 1 aromatic carbocycles. The Morgan fingerprint density at radius 2 is 2.26 bits per heavy atom. The second-order valence-electron chi connectivity index (χ2n) is 5.60. The van der Waals surface area contributed by atoms with Crippen molar-refractivity contribution in [2.24, 2.45) is 5.92 Å². The van der Waals surface area contributed by atoms with Crippen molar-refractivity contribution in [3.05, 3.63) is 29.3 Å². The highest BCUT2D eigenvalue weighted by atomic mass is 16.3. The number of nitrogens with zero attached hydrogens (tertiary/aromatic N) is 1. The summed E-state index contributed by atoms with van der Waals surface area (Å²) in [5.74, 6) is 0.671. The van der Waals surface area contributed by atoms with Gasteiger partial charge in [-0.1, -0.05) is 12.1 Å². The van der Waals surface area contributed by atoms with E-state index in [0.29, 0.717) is 17.5 Å². The van der Waals surface area contributed by atoms with Crippen LogP contribution in [0.3, 0.4) is 0 Å². The highest BCUT2D eigenvalue weighted by Gasteiger charge is 2.38. The van der Waals surface area contributed by atoms with E-state index in [1.165, 1.54) is 6.42 Å². The topological polar surface area (TPSA) is 52.6 Å². The monoisotopic (exact) mass is 260 g/mol. The number of carbonyl (C=O) groups is 1.